The molecule has 13 heteroatoms. The minimum Gasteiger partial charge on any atom is -0.444 e. The van der Waals surface area contributed by atoms with E-state index in [4.69, 9.17) is 32.7 Å². The Bertz CT molecular complexity index is 2430. The van der Waals surface area contributed by atoms with Crippen LogP contribution in [0.3, 0.4) is 0 Å². The Kier molecular flexibility index (Phi) is 15.2. The average Bonchev–Trinajstić information content (AvgIpc) is 3.21. The predicted molar refractivity (Wildman–Crippen MR) is 250 cm³/mol. The van der Waals surface area contributed by atoms with Gasteiger partial charge in [0.05, 0.1) is 12.5 Å². The number of hydrogen-bond donors (Lipinski definition) is 2. The topological polar surface area (TPSA) is 130 Å². The van der Waals surface area contributed by atoms with Crippen molar-refractivity contribution in [2.24, 2.45) is 4.99 Å². The first-order valence-corrected chi connectivity index (χ1v) is 21.9. The van der Waals surface area contributed by atoms with Gasteiger partial charge in [0, 0.05) is 46.8 Å². The van der Waals surface area contributed by atoms with E-state index in [-0.39, 0.29) is 49.9 Å². The number of halogens is 2. The summed E-state index contributed by atoms with van der Waals surface area (Å²) < 4.78 is 10.8. The summed E-state index contributed by atoms with van der Waals surface area (Å²) in [6, 6.07) is 36.0. The lowest BCUT2D eigenvalue weighted by Gasteiger charge is -2.47. The summed E-state index contributed by atoms with van der Waals surface area (Å²) in [6.45, 7) is 11.1. The van der Waals surface area contributed by atoms with Crippen molar-refractivity contribution in [3.05, 3.63) is 142 Å². The lowest BCUT2D eigenvalue weighted by molar-refractivity contribution is -0.136. The SMILES string of the molecule is CC(C)(C)OC(=O)NC(=NCCC[C@H]1CN(C(=O)Cc2ccc3ccccc3c2)[C@H](Cc2ccccc2)CN1C(=O)c1cccc(-c2ccc(Cl)cc2Cl)c1)NC(=O)OC(C)(C)C. The van der Waals surface area contributed by atoms with Gasteiger partial charge in [-0.3, -0.25) is 25.2 Å². The Balaban J connectivity index is 1.30. The van der Waals surface area contributed by atoms with Crippen molar-refractivity contribution in [3.8, 4) is 11.1 Å². The highest BCUT2D eigenvalue weighted by Gasteiger charge is 2.39. The number of alkyl carbamates (subject to hydrolysis) is 2. The first-order chi connectivity index (χ1) is 29.9. The number of benzene rings is 5. The molecule has 0 unspecified atom stereocenters. The van der Waals surface area contributed by atoms with Crippen LogP contribution >= 0.6 is 23.2 Å². The zero-order valence-electron chi connectivity index (χ0n) is 36.6. The first kappa shape index (κ1) is 46.6. The molecule has 0 aliphatic carbocycles. The molecule has 1 fully saturated rings. The quantitative estimate of drug-likeness (QED) is 0.0816. The maximum Gasteiger partial charge on any atom is 0.414 e. The number of aliphatic imine (C=N–C) groups is 1. The van der Waals surface area contributed by atoms with Gasteiger partial charge in [0.15, 0.2) is 0 Å². The molecule has 0 spiro atoms. The van der Waals surface area contributed by atoms with E-state index in [1.165, 1.54) is 0 Å². The summed E-state index contributed by atoms with van der Waals surface area (Å²) in [4.78, 5) is 63.3. The van der Waals surface area contributed by atoms with E-state index in [2.05, 4.69) is 21.7 Å². The van der Waals surface area contributed by atoms with Crippen molar-refractivity contribution in [1.29, 1.82) is 0 Å². The highest BCUT2D eigenvalue weighted by molar-refractivity contribution is 6.36. The van der Waals surface area contributed by atoms with Crippen molar-refractivity contribution in [1.82, 2.24) is 20.4 Å². The van der Waals surface area contributed by atoms with Gasteiger partial charge in [-0.2, -0.15) is 0 Å². The minimum absolute atomic E-state index is 0.0360. The van der Waals surface area contributed by atoms with Gasteiger partial charge < -0.3 is 19.3 Å². The van der Waals surface area contributed by atoms with Gasteiger partial charge in [-0.05, 0) is 113 Å². The second-order valence-electron chi connectivity index (χ2n) is 17.7. The van der Waals surface area contributed by atoms with Crippen LogP contribution in [0.25, 0.3) is 21.9 Å². The van der Waals surface area contributed by atoms with Gasteiger partial charge in [-0.15, -0.1) is 0 Å². The molecule has 1 aliphatic heterocycles. The van der Waals surface area contributed by atoms with Crippen LogP contribution in [0.4, 0.5) is 9.59 Å². The Morgan fingerprint density at radius 3 is 2.00 bits per heavy atom. The third-order valence-corrected chi connectivity index (χ3v) is 10.9. The number of carbonyl (C=O) groups is 4. The van der Waals surface area contributed by atoms with Gasteiger partial charge in [0.25, 0.3) is 5.91 Å². The number of carbonyl (C=O) groups excluding carboxylic acids is 4. The molecule has 0 radical (unpaired) electrons. The maximum atomic E-state index is 14.9. The number of fused-ring (bicyclic) bond motifs is 1. The second-order valence-corrected chi connectivity index (χ2v) is 18.5. The largest absolute Gasteiger partial charge is 0.444 e. The molecule has 5 aromatic carbocycles. The van der Waals surface area contributed by atoms with Gasteiger partial charge in [-0.1, -0.05) is 114 Å². The number of piperazine rings is 1. The van der Waals surface area contributed by atoms with Crippen LogP contribution in [-0.2, 0) is 27.1 Å². The molecule has 5 aromatic rings. The molecular weight excluding hydrogens is 837 g/mol. The monoisotopic (exact) mass is 891 g/mol. The zero-order chi connectivity index (χ0) is 45.3. The smallest absolute Gasteiger partial charge is 0.414 e. The summed E-state index contributed by atoms with van der Waals surface area (Å²) in [6.07, 6.45) is 0.0206. The number of guanidine groups is 1. The minimum atomic E-state index is -0.798. The Morgan fingerprint density at radius 2 is 1.33 bits per heavy atom. The van der Waals surface area contributed by atoms with Crippen LogP contribution in [0, 0.1) is 0 Å². The first-order valence-electron chi connectivity index (χ1n) is 21.1. The van der Waals surface area contributed by atoms with Gasteiger partial charge in [0.2, 0.25) is 11.9 Å². The third-order valence-electron chi connectivity index (χ3n) is 10.3. The summed E-state index contributed by atoms with van der Waals surface area (Å²) in [7, 11) is 0. The summed E-state index contributed by atoms with van der Waals surface area (Å²) >= 11 is 12.8. The third kappa shape index (κ3) is 13.5. The molecule has 0 saturated carbocycles. The van der Waals surface area contributed by atoms with E-state index >= 15 is 0 Å². The fourth-order valence-corrected chi connectivity index (χ4v) is 8.09. The van der Waals surface area contributed by atoms with E-state index in [9.17, 15) is 19.2 Å². The van der Waals surface area contributed by atoms with Crippen LogP contribution < -0.4 is 10.6 Å². The molecule has 4 amide bonds. The van der Waals surface area contributed by atoms with Crippen LogP contribution in [0.15, 0.2) is 120 Å². The zero-order valence-corrected chi connectivity index (χ0v) is 38.1. The van der Waals surface area contributed by atoms with Crippen molar-refractivity contribution in [2.45, 2.75) is 90.5 Å². The van der Waals surface area contributed by atoms with Crippen molar-refractivity contribution in [2.75, 3.05) is 19.6 Å². The van der Waals surface area contributed by atoms with Crippen LogP contribution in [0.5, 0.6) is 0 Å². The van der Waals surface area contributed by atoms with E-state index in [1.807, 2.05) is 101 Å². The number of nitrogens with one attached hydrogen (secondary N) is 2. The van der Waals surface area contributed by atoms with Gasteiger partial charge in [-0.25, -0.2) is 9.59 Å². The number of rotatable bonds is 10. The van der Waals surface area contributed by atoms with Crippen LogP contribution in [0.1, 0.15) is 75.9 Å². The number of amides is 4. The van der Waals surface area contributed by atoms with Crippen LogP contribution in [-0.4, -0.2) is 82.7 Å². The highest BCUT2D eigenvalue weighted by Crippen LogP contribution is 2.32. The molecule has 0 aromatic heterocycles. The van der Waals surface area contributed by atoms with Gasteiger partial charge >= 0.3 is 12.2 Å². The molecule has 2 atom stereocenters. The van der Waals surface area contributed by atoms with Crippen molar-refractivity contribution < 1.29 is 28.7 Å². The lowest BCUT2D eigenvalue weighted by atomic mass is 9.94. The molecule has 1 aliphatic rings. The molecule has 6 rings (SSSR count). The Morgan fingerprint density at radius 1 is 0.683 bits per heavy atom. The normalized spacial score (nSPS) is 15.4. The van der Waals surface area contributed by atoms with Crippen LogP contribution in [0.2, 0.25) is 10.0 Å². The van der Waals surface area contributed by atoms with E-state index < -0.39 is 29.4 Å². The number of ether oxygens (including phenoxy) is 2. The number of hydrogen-bond acceptors (Lipinski definition) is 7. The Hall–Kier alpha value is -5.91. The van der Waals surface area contributed by atoms with E-state index in [1.54, 1.807) is 59.7 Å². The fraction of sp³-hybridized carbons (Fsp3) is 0.340. The van der Waals surface area contributed by atoms with Crippen molar-refractivity contribution in [3.63, 3.8) is 0 Å². The van der Waals surface area contributed by atoms with E-state index in [0.29, 0.717) is 34.9 Å². The van der Waals surface area contributed by atoms with Crippen molar-refractivity contribution >= 4 is 63.9 Å². The summed E-state index contributed by atoms with van der Waals surface area (Å²) in [5.41, 5.74) is 2.34. The highest BCUT2D eigenvalue weighted by atomic mass is 35.5. The average molecular weight is 893 g/mol. The fourth-order valence-electron chi connectivity index (χ4n) is 7.57. The molecule has 11 nitrogen and oxygen atoms in total. The summed E-state index contributed by atoms with van der Waals surface area (Å²) in [5, 5.41) is 8.19. The molecule has 330 valence electrons. The lowest BCUT2D eigenvalue weighted by Crippen LogP contribution is -2.62. The standard InChI is InChI=1S/C50H55Cl2N5O6/c1-49(2,3)62-47(60)54-46(55-48(61)63-50(4,5)6)53-25-13-20-40-31-56(44(58)28-34-21-22-35-16-10-11-17-36(35)26-34)41(27-33-14-8-7-9-15-33)32-57(40)45(59)38-19-12-18-37(29-38)42-24-23-39(51)30-43(42)52/h7-12,14-19,21-24,26,29-30,40-41H,13,20,25,27-28,31-32H2,1-6H3,(H2,53,54,55,60,61)/t40-,41+/m0/s1. The molecule has 63 heavy (non-hydrogen) atoms. The number of nitrogens with zero attached hydrogens (tertiary/aromatic N) is 3. The molecule has 1 saturated heterocycles. The van der Waals surface area contributed by atoms with E-state index in [0.717, 1.165) is 33.0 Å². The molecule has 1 heterocycles. The maximum absolute atomic E-state index is 14.9. The van der Waals surface area contributed by atoms with Gasteiger partial charge in [0.1, 0.15) is 11.2 Å². The second kappa shape index (κ2) is 20.5. The predicted octanol–water partition coefficient (Wildman–Crippen LogP) is 10.5. The molecule has 0 bridgehead atoms. The molecular formula is C50H55Cl2N5O6. The Labute approximate surface area is 379 Å². The molecule has 2 N–H and O–H groups in total. The summed E-state index contributed by atoms with van der Waals surface area (Å²) in [5.74, 6) is -0.358.